The topological polar surface area (TPSA) is 33.1 Å². The van der Waals surface area contributed by atoms with Crippen molar-refractivity contribution in [2.45, 2.75) is 71.5 Å². The predicted octanol–water partition coefficient (Wildman–Crippen LogP) is 2.61. The Labute approximate surface area is 129 Å². The second kappa shape index (κ2) is 6.93. The molecular weight excluding hydrogens is 260 g/mol. The second-order valence-electron chi connectivity index (χ2n) is 6.84. The van der Waals surface area contributed by atoms with Crippen molar-refractivity contribution in [3.05, 3.63) is 17.5 Å². The molecule has 4 heteroatoms. The summed E-state index contributed by atoms with van der Waals surface area (Å²) in [5, 5.41) is 8.15. The smallest absolute Gasteiger partial charge is 0.0596 e. The van der Waals surface area contributed by atoms with Crippen molar-refractivity contribution in [1.82, 2.24) is 20.0 Å². The lowest BCUT2D eigenvalue weighted by atomic mass is 9.87. The van der Waals surface area contributed by atoms with Crippen LogP contribution < -0.4 is 5.32 Å². The Morgan fingerprint density at radius 2 is 1.95 bits per heavy atom. The molecule has 2 rings (SSSR count). The number of likely N-dealkylation sites (N-methyl/N-ethyl adjacent to an activating group) is 1. The fourth-order valence-corrected chi connectivity index (χ4v) is 3.64. The van der Waals surface area contributed by atoms with Crippen LogP contribution in [0.15, 0.2) is 6.07 Å². The van der Waals surface area contributed by atoms with Gasteiger partial charge in [0.15, 0.2) is 0 Å². The third kappa shape index (κ3) is 3.67. The molecule has 1 aromatic rings. The number of rotatable bonds is 6. The highest BCUT2D eigenvalue weighted by Gasteiger charge is 2.35. The Hall–Kier alpha value is -0.870. The molecule has 21 heavy (non-hydrogen) atoms. The van der Waals surface area contributed by atoms with E-state index in [1.54, 1.807) is 0 Å². The average Bonchev–Trinajstić information content (AvgIpc) is 2.85. The molecule has 2 heterocycles. The van der Waals surface area contributed by atoms with Crippen LogP contribution in [-0.2, 0) is 13.0 Å². The van der Waals surface area contributed by atoms with E-state index in [1.165, 1.54) is 38.0 Å². The zero-order valence-electron chi connectivity index (χ0n) is 14.4. The number of nitrogens with zero attached hydrogens (tertiary/aromatic N) is 3. The molecule has 1 saturated heterocycles. The van der Waals surface area contributed by atoms with Crippen LogP contribution in [-0.4, -0.2) is 46.4 Å². The lowest BCUT2D eigenvalue weighted by Gasteiger charge is -2.46. The number of aryl methyl sites for hydroxylation is 2. The molecular formula is C17H32N4. The maximum absolute atomic E-state index is 4.59. The first-order chi connectivity index (χ1) is 9.98. The van der Waals surface area contributed by atoms with Crippen LogP contribution in [0, 0.1) is 6.92 Å². The fourth-order valence-electron chi connectivity index (χ4n) is 3.64. The molecule has 0 amide bonds. The molecule has 1 aliphatic heterocycles. The summed E-state index contributed by atoms with van der Waals surface area (Å²) in [5.41, 5.74) is 2.64. The van der Waals surface area contributed by atoms with E-state index >= 15 is 0 Å². The van der Waals surface area contributed by atoms with Crippen molar-refractivity contribution in [2.24, 2.45) is 0 Å². The van der Waals surface area contributed by atoms with Crippen LogP contribution in [0.2, 0.25) is 0 Å². The first kappa shape index (κ1) is 16.5. The van der Waals surface area contributed by atoms with E-state index in [9.17, 15) is 0 Å². The van der Waals surface area contributed by atoms with Crippen molar-refractivity contribution in [3.63, 3.8) is 0 Å². The van der Waals surface area contributed by atoms with Crippen LogP contribution in [0.3, 0.4) is 0 Å². The van der Waals surface area contributed by atoms with Crippen LogP contribution in [0.25, 0.3) is 0 Å². The molecule has 1 fully saturated rings. The van der Waals surface area contributed by atoms with Crippen molar-refractivity contribution in [1.29, 1.82) is 0 Å². The van der Waals surface area contributed by atoms with Gasteiger partial charge in [0.1, 0.15) is 0 Å². The highest BCUT2D eigenvalue weighted by atomic mass is 15.3. The van der Waals surface area contributed by atoms with Gasteiger partial charge in [-0.25, -0.2) is 0 Å². The Balaban J connectivity index is 2.13. The number of likely N-dealkylation sites (tertiary alicyclic amines) is 1. The molecule has 0 radical (unpaired) electrons. The van der Waals surface area contributed by atoms with E-state index in [4.69, 9.17) is 0 Å². The lowest BCUT2D eigenvalue weighted by molar-refractivity contribution is 0.0629. The summed E-state index contributed by atoms with van der Waals surface area (Å²) < 4.78 is 2.14. The van der Waals surface area contributed by atoms with Crippen LogP contribution in [0.1, 0.15) is 51.4 Å². The van der Waals surface area contributed by atoms with Gasteiger partial charge in [0.2, 0.25) is 0 Å². The Morgan fingerprint density at radius 1 is 1.29 bits per heavy atom. The van der Waals surface area contributed by atoms with Crippen LogP contribution in [0.5, 0.6) is 0 Å². The summed E-state index contributed by atoms with van der Waals surface area (Å²) >= 11 is 0. The maximum atomic E-state index is 4.59. The number of hydrogen-bond acceptors (Lipinski definition) is 3. The van der Waals surface area contributed by atoms with E-state index in [1.807, 2.05) is 0 Å². The number of aromatic nitrogens is 2. The summed E-state index contributed by atoms with van der Waals surface area (Å²) in [5.74, 6) is 0. The third-order valence-corrected chi connectivity index (χ3v) is 5.07. The average molecular weight is 292 g/mol. The molecule has 0 spiro atoms. The molecule has 1 atom stereocenters. The number of hydrogen-bond donors (Lipinski definition) is 1. The van der Waals surface area contributed by atoms with Gasteiger partial charge in [-0.3, -0.25) is 9.58 Å². The fraction of sp³-hybridized carbons (Fsp3) is 0.824. The second-order valence-corrected chi connectivity index (χ2v) is 6.84. The Morgan fingerprint density at radius 3 is 2.52 bits per heavy atom. The SMILES string of the molecule is CCn1nc(C)cc1CC(NC)C(C)(C)N1CCCCC1. The molecule has 0 aromatic carbocycles. The highest BCUT2D eigenvalue weighted by Crippen LogP contribution is 2.26. The largest absolute Gasteiger partial charge is 0.315 e. The number of nitrogens with one attached hydrogen (secondary N) is 1. The van der Waals surface area contributed by atoms with Gasteiger partial charge in [0.05, 0.1) is 5.69 Å². The first-order valence-electron chi connectivity index (χ1n) is 8.44. The molecule has 0 bridgehead atoms. The molecule has 0 aliphatic carbocycles. The molecule has 1 unspecified atom stereocenters. The molecule has 4 nitrogen and oxygen atoms in total. The third-order valence-electron chi connectivity index (χ3n) is 5.07. The van der Waals surface area contributed by atoms with E-state index in [0.29, 0.717) is 6.04 Å². The standard InChI is InChI=1S/C17H32N4/c1-6-21-15(12-14(2)19-21)13-16(18-5)17(3,4)20-10-8-7-9-11-20/h12,16,18H,6-11,13H2,1-5H3. The molecule has 0 saturated carbocycles. The van der Waals surface area contributed by atoms with E-state index < -0.39 is 0 Å². The van der Waals surface area contributed by atoms with Gasteiger partial charge in [-0.05, 0) is 66.7 Å². The summed E-state index contributed by atoms with van der Waals surface area (Å²) in [6.07, 6.45) is 5.10. The summed E-state index contributed by atoms with van der Waals surface area (Å²) in [6, 6.07) is 2.68. The van der Waals surface area contributed by atoms with Crippen molar-refractivity contribution >= 4 is 0 Å². The van der Waals surface area contributed by atoms with Gasteiger partial charge < -0.3 is 5.32 Å². The van der Waals surface area contributed by atoms with Crippen molar-refractivity contribution < 1.29 is 0 Å². The Kier molecular flexibility index (Phi) is 5.44. The molecule has 1 aromatic heterocycles. The highest BCUT2D eigenvalue weighted by molar-refractivity contribution is 5.12. The zero-order valence-corrected chi connectivity index (χ0v) is 14.4. The van der Waals surface area contributed by atoms with Gasteiger partial charge >= 0.3 is 0 Å². The first-order valence-corrected chi connectivity index (χ1v) is 8.44. The summed E-state index contributed by atoms with van der Waals surface area (Å²) in [6.45, 7) is 12.4. The van der Waals surface area contributed by atoms with E-state index in [0.717, 1.165) is 18.7 Å². The van der Waals surface area contributed by atoms with E-state index in [2.05, 4.69) is 60.8 Å². The number of piperidine rings is 1. The molecule has 1 N–H and O–H groups in total. The van der Waals surface area contributed by atoms with E-state index in [-0.39, 0.29) is 5.54 Å². The zero-order chi connectivity index (χ0) is 15.5. The van der Waals surface area contributed by atoms with Crippen molar-refractivity contribution in [2.75, 3.05) is 20.1 Å². The maximum Gasteiger partial charge on any atom is 0.0596 e. The van der Waals surface area contributed by atoms with Gasteiger partial charge in [-0.1, -0.05) is 6.42 Å². The monoisotopic (exact) mass is 292 g/mol. The summed E-state index contributed by atoms with van der Waals surface area (Å²) in [4.78, 5) is 2.66. The minimum Gasteiger partial charge on any atom is -0.315 e. The van der Waals surface area contributed by atoms with Gasteiger partial charge in [-0.15, -0.1) is 0 Å². The molecule has 120 valence electrons. The summed E-state index contributed by atoms with van der Waals surface area (Å²) in [7, 11) is 2.09. The molecule has 1 aliphatic rings. The van der Waals surface area contributed by atoms with Crippen LogP contribution in [0.4, 0.5) is 0 Å². The minimum atomic E-state index is 0.173. The van der Waals surface area contributed by atoms with Gasteiger partial charge in [0, 0.05) is 30.2 Å². The normalized spacial score (nSPS) is 18.9. The van der Waals surface area contributed by atoms with Gasteiger partial charge in [-0.2, -0.15) is 5.10 Å². The van der Waals surface area contributed by atoms with Crippen LogP contribution >= 0.6 is 0 Å². The quantitative estimate of drug-likeness (QED) is 0.875. The minimum absolute atomic E-state index is 0.173. The predicted molar refractivity (Wildman–Crippen MR) is 88.7 cm³/mol. The Bertz CT molecular complexity index is 444. The van der Waals surface area contributed by atoms with Gasteiger partial charge in [0.25, 0.3) is 0 Å². The van der Waals surface area contributed by atoms with Crippen molar-refractivity contribution in [3.8, 4) is 0 Å². The lowest BCUT2D eigenvalue weighted by Crippen LogP contribution is -2.59.